The molecule has 2 aromatic rings. The molecule has 1 aliphatic heterocycles. The van der Waals surface area contributed by atoms with Gasteiger partial charge >= 0.3 is 0 Å². The molecule has 3 heterocycles. The van der Waals surface area contributed by atoms with Gasteiger partial charge in [0.25, 0.3) is 0 Å². The maximum Gasteiger partial charge on any atom is 0.160 e. The lowest BCUT2D eigenvalue weighted by Crippen LogP contribution is -2.33. The highest BCUT2D eigenvalue weighted by Crippen LogP contribution is 2.41. The zero-order chi connectivity index (χ0) is 18.9. The van der Waals surface area contributed by atoms with E-state index < -0.39 is 0 Å². The van der Waals surface area contributed by atoms with Crippen LogP contribution in [0.4, 0.5) is 0 Å². The molecule has 4 heteroatoms. The Hall–Kier alpha value is -2.07. The van der Waals surface area contributed by atoms with Crippen molar-refractivity contribution in [3.8, 4) is 11.4 Å². The number of fused-ring (bicyclic) bond motifs is 1. The molecule has 142 valence electrons. The molecular formula is C23H30N4. The first-order valence-corrected chi connectivity index (χ1v) is 10.2. The van der Waals surface area contributed by atoms with Gasteiger partial charge in [-0.05, 0) is 50.2 Å². The van der Waals surface area contributed by atoms with Gasteiger partial charge in [-0.3, -0.25) is 9.88 Å². The molecular weight excluding hydrogens is 332 g/mol. The molecule has 2 aromatic heterocycles. The van der Waals surface area contributed by atoms with Gasteiger partial charge in [0.05, 0.1) is 5.69 Å². The second-order valence-corrected chi connectivity index (χ2v) is 8.68. The molecule has 0 atom stereocenters. The fraction of sp³-hybridized carbons (Fsp3) is 0.522. The largest absolute Gasteiger partial charge is 0.298 e. The summed E-state index contributed by atoms with van der Waals surface area (Å²) in [6.07, 6.45) is 11.8. The molecule has 0 bridgehead atoms. The molecule has 0 amide bonds. The van der Waals surface area contributed by atoms with Gasteiger partial charge in [0.15, 0.2) is 5.82 Å². The Bertz CT molecular complexity index is 839. The van der Waals surface area contributed by atoms with E-state index in [-0.39, 0.29) is 0 Å². The van der Waals surface area contributed by atoms with E-state index in [0.29, 0.717) is 5.41 Å². The van der Waals surface area contributed by atoms with Crippen LogP contribution in [0.3, 0.4) is 0 Å². The molecule has 0 unspecified atom stereocenters. The van der Waals surface area contributed by atoms with E-state index in [0.717, 1.165) is 37.4 Å². The van der Waals surface area contributed by atoms with Crippen LogP contribution in [0.1, 0.15) is 57.7 Å². The molecule has 0 saturated heterocycles. The summed E-state index contributed by atoms with van der Waals surface area (Å²) in [6.45, 7) is 10.4. The summed E-state index contributed by atoms with van der Waals surface area (Å²) in [7, 11) is 0. The van der Waals surface area contributed by atoms with Crippen LogP contribution >= 0.6 is 0 Å². The molecule has 0 spiro atoms. The minimum absolute atomic E-state index is 0.373. The summed E-state index contributed by atoms with van der Waals surface area (Å²) in [6, 6.07) is 3.95. The number of pyridine rings is 1. The Balaban J connectivity index is 1.43. The smallest absolute Gasteiger partial charge is 0.160 e. The number of hydrogen-bond acceptors (Lipinski definition) is 4. The van der Waals surface area contributed by atoms with Crippen molar-refractivity contribution < 1.29 is 0 Å². The van der Waals surface area contributed by atoms with Gasteiger partial charge in [0.1, 0.15) is 0 Å². The van der Waals surface area contributed by atoms with Gasteiger partial charge in [-0.2, -0.15) is 0 Å². The van der Waals surface area contributed by atoms with Gasteiger partial charge in [-0.15, -0.1) is 0 Å². The standard InChI is InChI=1S/C23H30N4/c1-17-6-4-10-23(2,3)20(17)8-12-27-13-9-21-19(16-27)15-25-22(26-21)18-7-5-11-24-14-18/h5,7,11,14-15H,4,6,8-10,12-13,16H2,1-3H3. The van der Waals surface area contributed by atoms with Crippen molar-refractivity contribution in [2.75, 3.05) is 13.1 Å². The van der Waals surface area contributed by atoms with Crippen LogP contribution in [0.25, 0.3) is 11.4 Å². The van der Waals surface area contributed by atoms with E-state index in [1.807, 2.05) is 24.5 Å². The van der Waals surface area contributed by atoms with Crippen LogP contribution in [-0.2, 0) is 13.0 Å². The van der Waals surface area contributed by atoms with Gasteiger partial charge < -0.3 is 0 Å². The van der Waals surface area contributed by atoms with Crippen molar-refractivity contribution in [2.24, 2.45) is 5.41 Å². The highest BCUT2D eigenvalue weighted by atomic mass is 15.1. The third kappa shape index (κ3) is 3.96. The monoisotopic (exact) mass is 362 g/mol. The molecule has 4 rings (SSSR count). The number of nitrogens with zero attached hydrogens (tertiary/aromatic N) is 4. The number of rotatable bonds is 4. The minimum atomic E-state index is 0.373. The quantitative estimate of drug-likeness (QED) is 0.732. The van der Waals surface area contributed by atoms with Crippen molar-refractivity contribution in [1.29, 1.82) is 0 Å². The van der Waals surface area contributed by atoms with Gasteiger partial charge in [0.2, 0.25) is 0 Å². The highest BCUT2D eigenvalue weighted by molar-refractivity contribution is 5.53. The van der Waals surface area contributed by atoms with E-state index in [2.05, 4.69) is 35.6 Å². The SMILES string of the molecule is CC1=C(CCN2CCc3nc(-c4cccnc4)ncc3C2)C(C)(C)CCC1. The summed E-state index contributed by atoms with van der Waals surface area (Å²) >= 11 is 0. The average Bonchev–Trinajstić information content (AvgIpc) is 2.67. The number of allylic oxidation sites excluding steroid dienone is 1. The lowest BCUT2D eigenvalue weighted by molar-refractivity contribution is 0.243. The second kappa shape index (κ2) is 7.51. The van der Waals surface area contributed by atoms with Crippen LogP contribution in [-0.4, -0.2) is 32.9 Å². The van der Waals surface area contributed by atoms with Crippen LogP contribution in [0.5, 0.6) is 0 Å². The molecule has 4 nitrogen and oxygen atoms in total. The zero-order valence-corrected chi connectivity index (χ0v) is 16.8. The Labute approximate surface area is 162 Å². The summed E-state index contributed by atoms with van der Waals surface area (Å²) < 4.78 is 0. The summed E-state index contributed by atoms with van der Waals surface area (Å²) in [4.78, 5) is 16.2. The van der Waals surface area contributed by atoms with Crippen molar-refractivity contribution >= 4 is 0 Å². The molecule has 2 aliphatic rings. The normalized spacial score (nSPS) is 19.8. The van der Waals surface area contributed by atoms with E-state index in [1.54, 1.807) is 17.3 Å². The van der Waals surface area contributed by atoms with E-state index >= 15 is 0 Å². The lowest BCUT2D eigenvalue weighted by atomic mass is 9.71. The summed E-state index contributed by atoms with van der Waals surface area (Å²) in [5.41, 5.74) is 7.18. The number of aromatic nitrogens is 3. The van der Waals surface area contributed by atoms with Crippen LogP contribution in [0.2, 0.25) is 0 Å². The van der Waals surface area contributed by atoms with E-state index in [1.165, 1.54) is 36.9 Å². The molecule has 0 radical (unpaired) electrons. The topological polar surface area (TPSA) is 41.9 Å². The summed E-state index contributed by atoms with van der Waals surface area (Å²) in [5, 5.41) is 0. The van der Waals surface area contributed by atoms with Crippen molar-refractivity contribution in [3.05, 3.63) is 53.1 Å². The Morgan fingerprint density at radius 2 is 2.07 bits per heavy atom. The molecule has 0 N–H and O–H groups in total. The fourth-order valence-electron chi connectivity index (χ4n) is 4.70. The molecule has 1 aliphatic carbocycles. The van der Waals surface area contributed by atoms with Gasteiger partial charge in [-0.25, -0.2) is 9.97 Å². The van der Waals surface area contributed by atoms with E-state index in [4.69, 9.17) is 4.98 Å². The lowest BCUT2D eigenvalue weighted by Gasteiger charge is -2.36. The van der Waals surface area contributed by atoms with Crippen LogP contribution in [0.15, 0.2) is 41.9 Å². The highest BCUT2D eigenvalue weighted by Gasteiger charge is 2.28. The maximum absolute atomic E-state index is 4.82. The van der Waals surface area contributed by atoms with E-state index in [9.17, 15) is 0 Å². The Kier molecular flexibility index (Phi) is 5.09. The first-order chi connectivity index (χ1) is 13.0. The van der Waals surface area contributed by atoms with Crippen molar-refractivity contribution in [1.82, 2.24) is 19.9 Å². The first-order valence-electron chi connectivity index (χ1n) is 10.2. The van der Waals surface area contributed by atoms with Crippen LogP contribution in [0, 0.1) is 5.41 Å². The van der Waals surface area contributed by atoms with Crippen molar-refractivity contribution in [2.45, 2.75) is 59.4 Å². The van der Waals surface area contributed by atoms with Crippen LogP contribution < -0.4 is 0 Å². The average molecular weight is 363 g/mol. The molecule has 27 heavy (non-hydrogen) atoms. The summed E-state index contributed by atoms with van der Waals surface area (Å²) in [5.74, 6) is 0.792. The Morgan fingerprint density at radius 1 is 1.19 bits per heavy atom. The number of hydrogen-bond donors (Lipinski definition) is 0. The van der Waals surface area contributed by atoms with Crippen molar-refractivity contribution in [3.63, 3.8) is 0 Å². The fourth-order valence-corrected chi connectivity index (χ4v) is 4.70. The predicted molar refractivity (Wildman–Crippen MR) is 109 cm³/mol. The van der Waals surface area contributed by atoms with Gasteiger partial charge in [-0.1, -0.05) is 25.0 Å². The molecule has 0 saturated carbocycles. The predicted octanol–water partition coefficient (Wildman–Crippen LogP) is 4.81. The minimum Gasteiger partial charge on any atom is -0.298 e. The maximum atomic E-state index is 4.82. The third-order valence-corrected chi connectivity index (χ3v) is 6.30. The second-order valence-electron chi connectivity index (χ2n) is 8.68. The Morgan fingerprint density at radius 3 is 2.85 bits per heavy atom. The molecule has 0 fully saturated rings. The molecule has 0 aromatic carbocycles. The van der Waals surface area contributed by atoms with Gasteiger partial charge in [0, 0.05) is 55.8 Å². The first kappa shape index (κ1) is 18.3. The zero-order valence-electron chi connectivity index (χ0n) is 16.8. The third-order valence-electron chi connectivity index (χ3n) is 6.30.